The summed E-state index contributed by atoms with van der Waals surface area (Å²) < 4.78 is 49.0. The van der Waals surface area contributed by atoms with Gasteiger partial charge in [-0.05, 0) is 36.4 Å². The van der Waals surface area contributed by atoms with Crippen molar-refractivity contribution >= 4 is 23.1 Å². The number of methoxy groups -OCH3 is 3. The standard InChI is InChI=1S/C27H33O7P/c1-29-16-19-32-22-10-4-7-13-25(22)35(28,26-14-8-5-11-23(26)33-20-17-30-2)27-15-9-6-12-24(27)34-21-18-31-3/h4-15H,16-21H2,1-3H3. The van der Waals surface area contributed by atoms with E-state index in [4.69, 9.17) is 28.4 Å². The molecule has 0 atom stereocenters. The molecule has 3 aromatic carbocycles. The van der Waals surface area contributed by atoms with Gasteiger partial charge in [0.2, 0.25) is 0 Å². The van der Waals surface area contributed by atoms with Gasteiger partial charge in [0, 0.05) is 21.3 Å². The summed E-state index contributed by atoms with van der Waals surface area (Å²) in [6.07, 6.45) is 0. The van der Waals surface area contributed by atoms with E-state index < -0.39 is 7.14 Å². The molecule has 188 valence electrons. The highest BCUT2D eigenvalue weighted by Gasteiger charge is 2.37. The van der Waals surface area contributed by atoms with Crippen molar-refractivity contribution in [2.24, 2.45) is 0 Å². The Morgan fingerprint density at radius 2 is 0.771 bits per heavy atom. The van der Waals surface area contributed by atoms with Gasteiger partial charge in [0.15, 0.2) is 7.14 Å². The first-order valence-electron chi connectivity index (χ1n) is 11.4. The van der Waals surface area contributed by atoms with Crippen LogP contribution in [0, 0.1) is 0 Å². The van der Waals surface area contributed by atoms with Crippen molar-refractivity contribution in [2.45, 2.75) is 0 Å². The third kappa shape index (κ3) is 6.65. The van der Waals surface area contributed by atoms with Gasteiger partial charge in [-0.2, -0.15) is 0 Å². The molecule has 0 aliphatic carbocycles. The molecule has 0 aliphatic rings. The molecule has 8 heteroatoms. The maximum absolute atomic E-state index is 15.4. The largest absolute Gasteiger partial charge is 0.490 e. The Bertz CT molecular complexity index is 965. The van der Waals surface area contributed by atoms with Gasteiger partial charge in [-0.15, -0.1) is 0 Å². The van der Waals surface area contributed by atoms with Crippen LogP contribution in [-0.2, 0) is 18.8 Å². The van der Waals surface area contributed by atoms with Crippen LogP contribution in [0.15, 0.2) is 72.8 Å². The fourth-order valence-electron chi connectivity index (χ4n) is 3.61. The van der Waals surface area contributed by atoms with Crippen molar-refractivity contribution in [3.8, 4) is 17.2 Å². The molecule has 0 amide bonds. The summed E-state index contributed by atoms with van der Waals surface area (Å²) in [5, 5.41) is 1.67. The lowest BCUT2D eigenvalue weighted by molar-refractivity contribution is 0.146. The summed E-state index contributed by atoms with van der Waals surface area (Å²) in [5.41, 5.74) is 0. The molecule has 0 heterocycles. The van der Waals surface area contributed by atoms with Crippen LogP contribution in [0.4, 0.5) is 0 Å². The zero-order valence-electron chi connectivity index (χ0n) is 20.5. The Morgan fingerprint density at radius 1 is 0.486 bits per heavy atom. The normalized spacial score (nSPS) is 11.3. The summed E-state index contributed by atoms with van der Waals surface area (Å²) in [5.74, 6) is 1.56. The van der Waals surface area contributed by atoms with Crippen molar-refractivity contribution in [1.82, 2.24) is 0 Å². The first-order valence-corrected chi connectivity index (χ1v) is 13.1. The number of hydrogen-bond donors (Lipinski definition) is 0. The molecule has 0 radical (unpaired) electrons. The highest BCUT2D eigenvalue weighted by molar-refractivity contribution is 7.85. The summed E-state index contributed by atoms with van der Waals surface area (Å²) in [7, 11) is 1.30. The summed E-state index contributed by atoms with van der Waals surface area (Å²) >= 11 is 0. The second-order valence-electron chi connectivity index (χ2n) is 7.54. The van der Waals surface area contributed by atoms with Crippen molar-refractivity contribution in [2.75, 3.05) is 61.0 Å². The number of hydrogen-bond acceptors (Lipinski definition) is 7. The monoisotopic (exact) mass is 500 g/mol. The second kappa shape index (κ2) is 13.9. The van der Waals surface area contributed by atoms with E-state index in [1.807, 2.05) is 72.8 Å². The molecule has 0 bridgehead atoms. The molecule has 0 saturated carbocycles. The van der Waals surface area contributed by atoms with Gasteiger partial charge >= 0.3 is 0 Å². The average molecular weight is 501 g/mol. The molecule has 0 aromatic heterocycles. The Balaban J connectivity index is 2.21. The molecular formula is C27H33O7P. The van der Waals surface area contributed by atoms with E-state index in [0.717, 1.165) is 0 Å². The molecule has 3 rings (SSSR count). The number of para-hydroxylation sites is 3. The van der Waals surface area contributed by atoms with E-state index in [0.29, 0.717) is 72.8 Å². The van der Waals surface area contributed by atoms with E-state index in [-0.39, 0.29) is 0 Å². The third-order valence-corrected chi connectivity index (χ3v) is 8.39. The third-order valence-electron chi connectivity index (χ3n) is 5.25. The molecule has 35 heavy (non-hydrogen) atoms. The maximum atomic E-state index is 15.4. The zero-order chi connectivity index (χ0) is 24.9. The topological polar surface area (TPSA) is 72.5 Å². The van der Waals surface area contributed by atoms with Crippen molar-refractivity contribution in [1.29, 1.82) is 0 Å². The van der Waals surface area contributed by atoms with Crippen LogP contribution in [0.5, 0.6) is 17.2 Å². The molecular weight excluding hydrogens is 467 g/mol. The van der Waals surface area contributed by atoms with Gasteiger partial charge in [0.05, 0.1) is 35.7 Å². The van der Waals surface area contributed by atoms with Gasteiger partial charge in [-0.25, -0.2) is 0 Å². The van der Waals surface area contributed by atoms with Gasteiger partial charge in [0.25, 0.3) is 0 Å². The fraction of sp³-hybridized carbons (Fsp3) is 0.333. The van der Waals surface area contributed by atoms with Crippen LogP contribution in [0.25, 0.3) is 0 Å². The Morgan fingerprint density at radius 3 is 1.06 bits per heavy atom. The van der Waals surface area contributed by atoms with Crippen LogP contribution in [-0.4, -0.2) is 61.0 Å². The molecule has 0 aliphatic heterocycles. The summed E-state index contributed by atoms with van der Waals surface area (Å²) in [6, 6.07) is 22.1. The van der Waals surface area contributed by atoms with Gasteiger partial charge in [0.1, 0.15) is 37.1 Å². The smallest absolute Gasteiger partial charge is 0.181 e. The fourth-order valence-corrected chi connectivity index (χ4v) is 6.63. The molecule has 0 saturated heterocycles. The van der Waals surface area contributed by atoms with Gasteiger partial charge < -0.3 is 33.0 Å². The quantitative estimate of drug-likeness (QED) is 0.234. The SMILES string of the molecule is COCCOc1ccccc1P(=O)(c1ccccc1OCCOC)c1ccccc1OCCOC. The van der Waals surface area contributed by atoms with E-state index in [2.05, 4.69) is 0 Å². The average Bonchev–Trinajstić information content (AvgIpc) is 2.90. The van der Waals surface area contributed by atoms with Crippen LogP contribution < -0.4 is 30.1 Å². The predicted molar refractivity (Wildman–Crippen MR) is 138 cm³/mol. The number of ether oxygens (including phenoxy) is 6. The maximum Gasteiger partial charge on any atom is 0.181 e. The Kier molecular flexibility index (Phi) is 10.6. The number of rotatable bonds is 15. The lowest BCUT2D eigenvalue weighted by Gasteiger charge is -2.26. The molecule has 3 aromatic rings. The van der Waals surface area contributed by atoms with Crippen LogP contribution in [0.3, 0.4) is 0 Å². The first-order chi connectivity index (χ1) is 17.2. The Labute approximate surface area is 207 Å². The van der Waals surface area contributed by atoms with E-state index in [1.54, 1.807) is 21.3 Å². The van der Waals surface area contributed by atoms with Crippen LogP contribution in [0.2, 0.25) is 0 Å². The second-order valence-corrected chi connectivity index (χ2v) is 10.2. The lowest BCUT2D eigenvalue weighted by atomic mass is 10.3. The van der Waals surface area contributed by atoms with Crippen molar-refractivity contribution in [3.05, 3.63) is 72.8 Å². The lowest BCUT2D eigenvalue weighted by Crippen LogP contribution is -2.29. The number of benzene rings is 3. The van der Waals surface area contributed by atoms with Crippen LogP contribution >= 0.6 is 7.14 Å². The summed E-state index contributed by atoms with van der Waals surface area (Å²) in [4.78, 5) is 0. The van der Waals surface area contributed by atoms with Crippen molar-refractivity contribution in [3.63, 3.8) is 0 Å². The molecule has 0 spiro atoms. The molecule has 7 nitrogen and oxygen atoms in total. The van der Waals surface area contributed by atoms with E-state index >= 15 is 4.57 Å². The minimum Gasteiger partial charge on any atom is -0.490 e. The highest BCUT2D eigenvalue weighted by Crippen LogP contribution is 2.49. The minimum atomic E-state index is -3.53. The van der Waals surface area contributed by atoms with Crippen LogP contribution in [0.1, 0.15) is 0 Å². The minimum absolute atomic E-state index is 0.325. The first kappa shape index (κ1) is 26.8. The van der Waals surface area contributed by atoms with E-state index in [9.17, 15) is 0 Å². The van der Waals surface area contributed by atoms with Crippen molar-refractivity contribution < 1.29 is 33.0 Å². The van der Waals surface area contributed by atoms with Gasteiger partial charge in [-0.1, -0.05) is 36.4 Å². The van der Waals surface area contributed by atoms with E-state index in [1.165, 1.54) is 0 Å². The summed E-state index contributed by atoms with van der Waals surface area (Å²) in [6.45, 7) is 2.20. The molecule has 0 N–H and O–H groups in total. The van der Waals surface area contributed by atoms with Gasteiger partial charge in [-0.3, -0.25) is 0 Å². The highest BCUT2D eigenvalue weighted by atomic mass is 31.2. The zero-order valence-corrected chi connectivity index (χ0v) is 21.4. The molecule has 0 unspecified atom stereocenters. The molecule has 0 fully saturated rings. The Hall–Kier alpha value is -2.83. The predicted octanol–water partition coefficient (Wildman–Crippen LogP) is 3.40.